The van der Waals surface area contributed by atoms with E-state index in [0.29, 0.717) is 36.7 Å². The van der Waals surface area contributed by atoms with Gasteiger partial charge in [-0.15, -0.1) is 0 Å². The van der Waals surface area contributed by atoms with Crippen molar-refractivity contribution in [3.63, 3.8) is 0 Å². The zero-order valence-corrected chi connectivity index (χ0v) is 20.8. The summed E-state index contributed by atoms with van der Waals surface area (Å²) in [7, 11) is 0. The van der Waals surface area contributed by atoms with Crippen LogP contribution in [0.2, 0.25) is 0 Å². The van der Waals surface area contributed by atoms with E-state index in [1.807, 2.05) is 6.92 Å². The third-order valence-electron chi connectivity index (χ3n) is 12.2. The predicted molar refractivity (Wildman–Crippen MR) is 123 cm³/mol. The Bertz CT molecular complexity index is 1000. The number of hydrogen-bond donors (Lipinski definition) is 1. The number of epoxide rings is 1. The number of rotatable bonds is 2. The highest BCUT2D eigenvalue weighted by Gasteiger charge is 2.85. The van der Waals surface area contributed by atoms with Gasteiger partial charge in [-0.2, -0.15) is 0 Å². The van der Waals surface area contributed by atoms with Crippen LogP contribution in [0.3, 0.4) is 0 Å². The van der Waals surface area contributed by atoms with Crippen LogP contribution in [0.1, 0.15) is 72.6 Å². The third-order valence-corrected chi connectivity index (χ3v) is 12.2. The van der Waals surface area contributed by atoms with E-state index in [0.717, 1.165) is 49.7 Å². The van der Waals surface area contributed by atoms with E-state index in [1.165, 1.54) is 0 Å². The van der Waals surface area contributed by atoms with Crippen molar-refractivity contribution in [2.75, 3.05) is 6.61 Å². The van der Waals surface area contributed by atoms with Gasteiger partial charge in [0.05, 0.1) is 24.2 Å². The maximum atomic E-state index is 13.6. The van der Waals surface area contributed by atoms with Crippen LogP contribution in [0.5, 0.6) is 0 Å². The van der Waals surface area contributed by atoms with Gasteiger partial charge in [0.15, 0.2) is 0 Å². The van der Waals surface area contributed by atoms with E-state index in [4.69, 9.17) is 14.2 Å². The van der Waals surface area contributed by atoms with Crippen LogP contribution in [-0.2, 0) is 23.8 Å². The molecule has 0 amide bonds. The van der Waals surface area contributed by atoms with Crippen LogP contribution in [0.4, 0.5) is 0 Å². The van der Waals surface area contributed by atoms with Gasteiger partial charge in [0.1, 0.15) is 23.6 Å². The van der Waals surface area contributed by atoms with Gasteiger partial charge in [0, 0.05) is 18.4 Å². The molecule has 0 aromatic rings. The standard InChI is InChI=1S/C28H38O6/c1-13-9-20(33-25(31)14(13)2)15(3)17-5-6-18-16-10-23-28(34-23)24(30)21-11-22(29)27(28,12-32-21)19(16)7-8-26(17,18)4/h15-21,23-24,30H,5-12H2,1-4H3/t15-,16-,17+,18-,19-,20+,21?,23+,24-,26+,27-,28-/m0/s1. The van der Waals surface area contributed by atoms with Gasteiger partial charge < -0.3 is 19.3 Å². The van der Waals surface area contributed by atoms with Crippen LogP contribution >= 0.6 is 0 Å². The molecule has 3 saturated heterocycles. The summed E-state index contributed by atoms with van der Waals surface area (Å²) >= 11 is 0. The lowest BCUT2D eigenvalue weighted by atomic mass is 9.42. The maximum absolute atomic E-state index is 13.6. The van der Waals surface area contributed by atoms with Gasteiger partial charge >= 0.3 is 5.97 Å². The molecule has 0 radical (unpaired) electrons. The molecule has 6 nitrogen and oxygen atoms in total. The van der Waals surface area contributed by atoms with Gasteiger partial charge in [-0.1, -0.05) is 19.4 Å². The van der Waals surface area contributed by atoms with Gasteiger partial charge in [0.2, 0.25) is 0 Å². The predicted octanol–water partition coefficient (Wildman–Crippen LogP) is 3.59. The highest BCUT2D eigenvalue weighted by Crippen LogP contribution is 2.75. The SMILES string of the molecule is CC1=C(C)C(=O)O[C@@H]([C@@H](C)[C@H]2CC[C@H]3[C@@H]4C[C@H]5O[C@]56[C@@H](O)C5CC(=O)[C@]6(CO5)[C@H]4CC[C@]23C)C1. The molecule has 4 heterocycles. The number of ketones is 1. The molecule has 186 valence electrons. The minimum Gasteiger partial charge on any atom is -0.458 e. The van der Waals surface area contributed by atoms with E-state index in [1.54, 1.807) is 0 Å². The summed E-state index contributed by atoms with van der Waals surface area (Å²) in [5.41, 5.74) is 0.777. The largest absolute Gasteiger partial charge is 0.458 e. The second kappa shape index (κ2) is 6.74. The Hall–Kier alpha value is -1.24. The van der Waals surface area contributed by atoms with Crippen molar-refractivity contribution < 1.29 is 28.9 Å². The fourth-order valence-corrected chi connectivity index (χ4v) is 10.3. The first-order chi connectivity index (χ1) is 16.1. The van der Waals surface area contributed by atoms with E-state index in [-0.39, 0.29) is 41.4 Å². The molecule has 12 atom stereocenters. The molecule has 4 saturated carbocycles. The number of fused-ring (bicyclic) bond motifs is 5. The molecule has 6 heteroatoms. The molecule has 34 heavy (non-hydrogen) atoms. The second-order valence-electron chi connectivity index (χ2n) is 13.0. The molecule has 1 unspecified atom stereocenters. The summed E-state index contributed by atoms with van der Waals surface area (Å²) in [4.78, 5) is 26.0. The molecule has 1 N–H and O–H groups in total. The summed E-state index contributed by atoms with van der Waals surface area (Å²) in [6.07, 6.45) is 5.42. The summed E-state index contributed by atoms with van der Waals surface area (Å²) in [6, 6.07) is 0. The van der Waals surface area contributed by atoms with Crippen molar-refractivity contribution in [2.24, 2.45) is 40.4 Å². The Morgan fingerprint density at radius 3 is 2.62 bits per heavy atom. The molecule has 2 spiro atoms. The van der Waals surface area contributed by atoms with Crippen molar-refractivity contribution in [3.05, 3.63) is 11.1 Å². The third kappa shape index (κ3) is 2.35. The summed E-state index contributed by atoms with van der Waals surface area (Å²) in [5.74, 6) is 2.16. The van der Waals surface area contributed by atoms with Crippen LogP contribution in [-0.4, -0.2) is 53.5 Å². The Kier molecular flexibility index (Phi) is 4.36. The molecule has 4 aliphatic heterocycles. The number of carbonyl (C=O) groups excluding carboxylic acids is 2. The topological polar surface area (TPSA) is 85.4 Å². The fraction of sp³-hybridized carbons (Fsp3) is 0.857. The lowest BCUT2D eigenvalue weighted by Crippen LogP contribution is -2.74. The minimum atomic E-state index is -0.677. The lowest BCUT2D eigenvalue weighted by Gasteiger charge is -2.62. The molecule has 0 aromatic carbocycles. The number of cyclic esters (lactones) is 1. The number of hydrogen-bond acceptors (Lipinski definition) is 6. The van der Waals surface area contributed by atoms with Crippen LogP contribution in [0, 0.1) is 40.4 Å². The highest BCUT2D eigenvalue weighted by atomic mass is 16.6. The van der Waals surface area contributed by atoms with Crippen molar-refractivity contribution >= 4 is 11.8 Å². The van der Waals surface area contributed by atoms with E-state index >= 15 is 0 Å². The number of ether oxygens (including phenoxy) is 3. The first-order valence-electron chi connectivity index (χ1n) is 13.5. The highest BCUT2D eigenvalue weighted by molar-refractivity contribution is 5.91. The zero-order chi connectivity index (χ0) is 23.8. The summed E-state index contributed by atoms with van der Waals surface area (Å²) < 4.78 is 18.3. The van der Waals surface area contributed by atoms with Crippen LogP contribution in [0.25, 0.3) is 0 Å². The quantitative estimate of drug-likeness (QED) is 0.490. The fourth-order valence-electron chi connectivity index (χ4n) is 10.3. The van der Waals surface area contributed by atoms with E-state index in [2.05, 4.69) is 20.8 Å². The van der Waals surface area contributed by atoms with Crippen molar-refractivity contribution in [2.45, 2.75) is 103 Å². The number of aliphatic hydroxyl groups is 1. The molecule has 2 bridgehead atoms. The number of Topliss-reactive ketones (excluding diaryl/α,β-unsaturated/α-hetero) is 1. The van der Waals surface area contributed by atoms with Crippen LogP contribution < -0.4 is 0 Å². The first kappa shape index (κ1) is 22.0. The molecule has 0 aromatic heterocycles. The van der Waals surface area contributed by atoms with Crippen molar-refractivity contribution in [1.29, 1.82) is 0 Å². The Morgan fingerprint density at radius 1 is 1.09 bits per heavy atom. The minimum absolute atomic E-state index is 0.00622. The van der Waals surface area contributed by atoms with E-state index in [9.17, 15) is 14.7 Å². The molecule has 8 rings (SSSR count). The number of carbonyl (C=O) groups is 2. The van der Waals surface area contributed by atoms with E-state index < -0.39 is 17.1 Å². The maximum Gasteiger partial charge on any atom is 0.333 e. The van der Waals surface area contributed by atoms with Crippen molar-refractivity contribution in [1.82, 2.24) is 0 Å². The molecule has 7 fully saturated rings. The second-order valence-corrected chi connectivity index (χ2v) is 13.0. The van der Waals surface area contributed by atoms with Crippen LogP contribution in [0.15, 0.2) is 11.1 Å². The molecule has 4 aliphatic carbocycles. The zero-order valence-electron chi connectivity index (χ0n) is 20.8. The van der Waals surface area contributed by atoms with Crippen molar-refractivity contribution in [3.8, 4) is 0 Å². The molecular formula is C28H38O6. The summed E-state index contributed by atoms with van der Waals surface area (Å²) in [5, 5.41) is 11.1. The lowest BCUT2D eigenvalue weighted by molar-refractivity contribution is -0.244. The Morgan fingerprint density at radius 2 is 1.88 bits per heavy atom. The van der Waals surface area contributed by atoms with Gasteiger partial charge in [-0.3, -0.25) is 4.79 Å². The molecular weight excluding hydrogens is 432 g/mol. The average Bonchev–Trinajstić information content (AvgIpc) is 3.43. The van der Waals surface area contributed by atoms with Gasteiger partial charge in [-0.25, -0.2) is 4.79 Å². The Labute approximate surface area is 201 Å². The average molecular weight is 471 g/mol. The smallest absolute Gasteiger partial charge is 0.333 e. The normalized spacial score (nSPS) is 56.3. The summed E-state index contributed by atoms with van der Waals surface area (Å²) in [6.45, 7) is 9.13. The van der Waals surface area contributed by atoms with Gasteiger partial charge in [-0.05, 0) is 81.0 Å². The van der Waals surface area contributed by atoms with Gasteiger partial charge in [0.25, 0.3) is 0 Å². The first-order valence-corrected chi connectivity index (χ1v) is 13.5. The number of aliphatic hydroxyl groups excluding tert-OH is 1. The number of esters is 1. The molecule has 8 aliphatic rings. The Balaban J connectivity index is 1.19. The monoisotopic (exact) mass is 470 g/mol.